The van der Waals surface area contributed by atoms with Crippen LogP contribution < -0.4 is 4.74 Å². The van der Waals surface area contributed by atoms with Crippen LogP contribution in [0.1, 0.15) is 5.69 Å². The van der Waals surface area contributed by atoms with Gasteiger partial charge in [0.05, 0.1) is 29.4 Å². The van der Waals surface area contributed by atoms with Crippen molar-refractivity contribution in [3.8, 4) is 17.1 Å². The van der Waals surface area contributed by atoms with E-state index in [9.17, 15) is 0 Å². The Kier molecular flexibility index (Phi) is 5.15. The summed E-state index contributed by atoms with van der Waals surface area (Å²) in [5, 5.41) is 0.596. The monoisotopic (exact) mass is 374 g/mol. The van der Waals surface area contributed by atoms with Crippen molar-refractivity contribution in [1.29, 1.82) is 0 Å². The molecule has 4 nitrogen and oxygen atoms in total. The van der Waals surface area contributed by atoms with Crippen LogP contribution in [0.15, 0.2) is 22.7 Å². The van der Waals surface area contributed by atoms with Gasteiger partial charge in [-0.1, -0.05) is 23.8 Å². The van der Waals surface area contributed by atoms with Gasteiger partial charge in [-0.05, 0) is 34.1 Å². The fourth-order valence-corrected chi connectivity index (χ4v) is 2.42. The third-order valence-electron chi connectivity index (χ3n) is 2.64. The topological polar surface area (TPSA) is 47.1 Å². The third kappa shape index (κ3) is 3.20. The first-order valence-corrected chi connectivity index (χ1v) is 7.26. The van der Waals surface area contributed by atoms with Gasteiger partial charge in [-0.15, -0.1) is 0 Å². The second-order valence-electron chi connectivity index (χ2n) is 3.96. The summed E-state index contributed by atoms with van der Waals surface area (Å²) < 4.78 is 11.7. The highest BCUT2D eigenvalue weighted by Crippen LogP contribution is 2.31. The molecule has 2 aromatic rings. The minimum absolute atomic E-state index is 0.398. The summed E-state index contributed by atoms with van der Waals surface area (Å²) in [5.41, 5.74) is 1.60. The first-order chi connectivity index (χ1) is 9.56. The van der Waals surface area contributed by atoms with Crippen LogP contribution in [-0.4, -0.2) is 24.2 Å². The smallest absolute Gasteiger partial charge is 0.144 e. The van der Waals surface area contributed by atoms with E-state index in [0.717, 1.165) is 15.7 Å². The number of benzene rings is 1. The summed E-state index contributed by atoms with van der Waals surface area (Å²) in [5.74, 6) is 1.24. The Morgan fingerprint density at radius 3 is 2.80 bits per heavy atom. The summed E-state index contributed by atoms with van der Waals surface area (Å²) >= 11 is 14.6. The molecule has 0 aliphatic rings. The molecule has 1 N–H and O–H groups in total. The van der Waals surface area contributed by atoms with Crippen LogP contribution in [0, 0.1) is 4.64 Å². The molecule has 2 rings (SSSR count). The molecule has 0 bridgehead atoms. The molecule has 1 aromatic carbocycles. The molecule has 20 heavy (non-hydrogen) atoms. The van der Waals surface area contributed by atoms with Crippen LogP contribution in [0.5, 0.6) is 5.75 Å². The van der Waals surface area contributed by atoms with Crippen molar-refractivity contribution in [2.45, 2.75) is 6.61 Å². The maximum Gasteiger partial charge on any atom is 0.144 e. The second kappa shape index (κ2) is 6.67. The lowest BCUT2D eigenvalue weighted by molar-refractivity contribution is 0.181. The van der Waals surface area contributed by atoms with Crippen LogP contribution >= 0.6 is 39.7 Å². The Labute approximate surface area is 135 Å². The molecule has 106 valence electrons. The first kappa shape index (κ1) is 15.4. The van der Waals surface area contributed by atoms with Gasteiger partial charge in [-0.3, -0.25) is 0 Å². The molecule has 0 fully saturated rings. The minimum Gasteiger partial charge on any atom is -0.496 e. The van der Waals surface area contributed by atoms with E-state index in [0.29, 0.717) is 27.8 Å². The zero-order chi connectivity index (χ0) is 14.7. The Bertz CT molecular complexity index is 691. The number of hydrogen-bond acceptors (Lipinski definition) is 4. The fourth-order valence-electron chi connectivity index (χ4n) is 1.74. The highest BCUT2D eigenvalue weighted by atomic mass is 79.9. The lowest BCUT2D eigenvalue weighted by atomic mass is 10.2. The Balaban J connectivity index is 2.61. The number of halogens is 2. The number of nitrogens with one attached hydrogen (secondary N) is 1. The van der Waals surface area contributed by atoms with Crippen LogP contribution in [0.4, 0.5) is 0 Å². The van der Waals surface area contributed by atoms with Gasteiger partial charge in [-0.25, -0.2) is 4.98 Å². The van der Waals surface area contributed by atoms with E-state index < -0.39 is 0 Å². The molecule has 0 aliphatic heterocycles. The Morgan fingerprint density at radius 1 is 1.40 bits per heavy atom. The van der Waals surface area contributed by atoms with Crippen molar-refractivity contribution in [1.82, 2.24) is 9.97 Å². The average molecular weight is 376 g/mol. The van der Waals surface area contributed by atoms with Gasteiger partial charge in [0.1, 0.15) is 16.2 Å². The number of aromatic amines is 1. The molecule has 0 spiro atoms. The first-order valence-electron chi connectivity index (χ1n) is 5.68. The molecular weight excluding hydrogens is 364 g/mol. The summed E-state index contributed by atoms with van der Waals surface area (Å²) in [4.78, 5) is 7.55. The van der Waals surface area contributed by atoms with Gasteiger partial charge < -0.3 is 14.5 Å². The number of aromatic nitrogens is 2. The quantitative estimate of drug-likeness (QED) is 0.806. The van der Waals surface area contributed by atoms with Gasteiger partial charge in [-0.2, -0.15) is 0 Å². The predicted octanol–water partition coefficient (Wildman–Crippen LogP) is 4.38. The molecule has 7 heteroatoms. The van der Waals surface area contributed by atoms with Crippen molar-refractivity contribution in [2.75, 3.05) is 14.2 Å². The summed E-state index contributed by atoms with van der Waals surface area (Å²) in [6.07, 6.45) is 0. The number of ether oxygens (including phenoxy) is 2. The summed E-state index contributed by atoms with van der Waals surface area (Å²) in [6.45, 7) is 0.398. The normalized spacial score (nSPS) is 10.6. The van der Waals surface area contributed by atoms with Gasteiger partial charge in [0.25, 0.3) is 0 Å². The number of rotatable bonds is 4. The van der Waals surface area contributed by atoms with E-state index in [-0.39, 0.29) is 0 Å². The number of nitrogens with zero attached hydrogens (tertiary/aromatic N) is 1. The number of methoxy groups -OCH3 is 2. The van der Waals surface area contributed by atoms with Crippen molar-refractivity contribution in [3.05, 3.63) is 38.0 Å². The molecule has 0 saturated carbocycles. The second-order valence-corrected chi connectivity index (χ2v) is 5.58. The lowest BCUT2D eigenvalue weighted by Gasteiger charge is -2.11. The minimum atomic E-state index is 0.398. The average Bonchev–Trinajstić information content (AvgIpc) is 2.43. The number of hydrogen-bond donors (Lipinski definition) is 1. The lowest BCUT2D eigenvalue weighted by Crippen LogP contribution is -2.01. The van der Waals surface area contributed by atoms with Crippen molar-refractivity contribution in [2.24, 2.45) is 0 Å². The maximum absolute atomic E-state index is 5.96. The van der Waals surface area contributed by atoms with E-state index >= 15 is 0 Å². The van der Waals surface area contributed by atoms with Gasteiger partial charge in [0, 0.05) is 12.1 Å². The molecule has 0 amide bonds. The zero-order valence-electron chi connectivity index (χ0n) is 10.9. The van der Waals surface area contributed by atoms with Crippen molar-refractivity contribution < 1.29 is 9.47 Å². The molecule has 0 atom stereocenters. The molecule has 1 heterocycles. The Morgan fingerprint density at radius 2 is 2.15 bits per heavy atom. The van der Waals surface area contributed by atoms with E-state index in [4.69, 9.17) is 33.3 Å². The molecule has 1 aromatic heterocycles. The molecule has 0 unspecified atom stereocenters. The van der Waals surface area contributed by atoms with Crippen LogP contribution in [0.25, 0.3) is 11.4 Å². The third-order valence-corrected chi connectivity index (χ3v) is 4.29. The highest BCUT2D eigenvalue weighted by molar-refractivity contribution is 9.10. The Hall–Kier alpha value is -0.950. The van der Waals surface area contributed by atoms with E-state index in [1.807, 2.05) is 6.07 Å². The molecule has 0 aliphatic carbocycles. The summed E-state index contributed by atoms with van der Waals surface area (Å²) in [6, 6.07) is 5.34. The fraction of sp³-hybridized carbons (Fsp3) is 0.231. The zero-order valence-corrected chi connectivity index (χ0v) is 14.0. The van der Waals surface area contributed by atoms with E-state index in [1.54, 1.807) is 26.4 Å². The van der Waals surface area contributed by atoms with Crippen molar-refractivity contribution >= 4 is 39.7 Å². The van der Waals surface area contributed by atoms with Crippen LogP contribution in [0.3, 0.4) is 0 Å². The van der Waals surface area contributed by atoms with Gasteiger partial charge in [0.15, 0.2) is 0 Å². The molecule has 0 radical (unpaired) electrons. The largest absolute Gasteiger partial charge is 0.496 e. The summed E-state index contributed by atoms with van der Waals surface area (Å²) in [7, 11) is 3.20. The van der Waals surface area contributed by atoms with E-state index in [1.165, 1.54) is 0 Å². The standard InChI is InChI=1S/C13H12BrClN2O2S/c1-18-6-9-11(14)13(20)17-12(16-9)8-4-3-7(15)5-10(8)19-2/h3-5H,6H2,1-2H3,(H,16,17,20). The van der Waals surface area contributed by atoms with Crippen LogP contribution in [-0.2, 0) is 11.3 Å². The SMILES string of the molecule is COCc1[nH]c(-c2ccc(Cl)cc2OC)nc(=S)c1Br. The van der Waals surface area contributed by atoms with E-state index in [2.05, 4.69) is 25.9 Å². The predicted molar refractivity (Wildman–Crippen MR) is 84.8 cm³/mol. The van der Waals surface area contributed by atoms with Crippen molar-refractivity contribution in [3.63, 3.8) is 0 Å². The molecular formula is C13H12BrClN2O2S. The molecule has 0 saturated heterocycles. The highest BCUT2D eigenvalue weighted by Gasteiger charge is 2.12. The maximum atomic E-state index is 5.96. The van der Waals surface area contributed by atoms with Gasteiger partial charge in [0.2, 0.25) is 0 Å². The number of H-pyrrole nitrogens is 1. The van der Waals surface area contributed by atoms with Gasteiger partial charge >= 0.3 is 0 Å². The van der Waals surface area contributed by atoms with Crippen LogP contribution in [0.2, 0.25) is 5.02 Å².